The Bertz CT molecular complexity index is 955. The molecule has 3 nitrogen and oxygen atoms in total. The molecule has 4 heteroatoms. The van der Waals surface area contributed by atoms with Crippen LogP contribution < -0.4 is 0 Å². The van der Waals surface area contributed by atoms with Crippen LogP contribution in [0, 0.1) is 12.7 Å². The third-order valence-corrected chi connectivity index (χ3v) is 3.87. The van der Waals surface area contributed by atoms with Crippen LogP contribution in [0.15, 0.2) is 59.7 Å². The summed E-state index contributed by atoms with van der Waals surface area (Å²) in [5.41, 5.74) is 5.14. The number of pyridine rings is 1. The zero-order chi connectivity index (χ0) is 15.1. The highest BCUT2D eigenvalue weighted by atomic mass is 19.1. The lowest BCUT2D eigenvalue weighted by Crippen LogP contribution is -1.86. The number of aromatic nitrogens is 2. The van der Waals surface area contributed by atoms with Gasteiger partial charge in [0, 0.05) is 34.5 Å². The number of rotatable bonds is 2. The van der Waals surface area contributed by atoms with Crippen molar-refractivity contribution in [2.75, 3.05) is 0 Å². The lowest BCUT2D eigenvalue weighted by Gasteiger charge is -2.04. The fraction of sp³-hybridized carbons (Fsp3) is 0.0556. The standard InChI is InChI=1S/C18H13FN2O/c1-11-2-3-12(7-17(11)19)14-6-15-16(13-4-5-22-10-13)9-21-18(15)20-8-14/h2-10H,1H3,(H,20,21). The monoisotopic (exact) mass is 292 g/mol. The quantitative estimate of drug-likeness (QED) is 0.568. The molecule has 0 unspecified atom stereocenters. The van der Waals surface area contributed by atoms with E-state index in [2.05, 4.69) is 9.97 Å². The summed E-state index contributed by atoms with van der Waals surface area (Å²) in [6.45, 7) is 1.75. The summed E-state index contributed by atoms with van der Waals surface area (Å²) < 4.78 is 18.9. The maximum Gasteiger partial charge on any atom is 0.137 e. The first-order chi connectivity index (χ1) is 10.7. The van der Waals surface area contributed by atoms with Crippen LogP contribution >= 0.6 is 0 Å². The van der Waals surface area contributed by atoms with Crippen LogP contribution in [0.4, 0.5) is 4.39 Å². The topological polar surface area (TPSA) is 41.8 Å². The fourth-order valence-electron chi connectivity index (χ4n) is 2.59. The fourth-order valence-corrected chi connectivity index (χ4v) is 2.59. The highest BCUT2D eigenvalue weighted by Gasteiger charge is 2.10. The average molecular weight is 292 g/mol. The molecule has 1 aromatic carbocycles. The Morgan fingerprint density at radius 2 is 2.00 bits per heavy atom. The molecule has 0 aliphatic heterocycles. The predicted molar refractivity (Wildman–Crippen MR) is 83.9 cm³/mol. The summed E-state index contributed by atoms with van der Waals surface area (Å²) >= 11 is 0. The van der Waals surface area contributed by atoms with E-state index in [0.29, 0.717) is 5.56 Å². The van der Waals surface area contributed by atoms with E-state index < -0.39 is 0 Å². The molecular formula is C18H13FN2O. The molecule has 0 saturated carbocycles. The number of aryl methyl sites for hydroxylation is 1. The zero-order valence-corrected chi connectivity index (χ0v) is 11.9. The van der Waals surface area contributed by atoms with Gasteiger partial charge in [0.15, 0.2) is 0 Å². The predicted octanol–water partition coefficient (Wildman–Crippen LogP) is 4.94. The summed E-state index contributed by atoms with van der Waals surface area (Å²) in [6.07, 6.45) is 6.99. The molecule has 1 N–H and O–H groups in total. The summed E-state index contributed by atoms with van der Waals surface area (Å²) in [5, 5.41) is 0.986. The molecule has 0 aliphatic carbocycles. The SMILES string of the molecule is Cc1ccc(-c2cnc3[nH]cc(-c4ccoc4)c3c2)cc1F. The molecule has 0 aliphatic rings. The number of benzene rings is 1. The molecule has 0 saturated heterocycles. The van der Waals surface area contributed by atoms with Gasteiger partial charge in [-0.05, 0) is 36.2 Å². The van der Waals surface area contributed by atoms with Crippen LogP contribution in [-0.2, 0) is 0 Å². The minimum Gasteiger partial charge on any atom is -0.472 e. The van der Waals surface area contributed by atoms with Crippen molar-refractivity contribution in [2.24, 2.45) is 0 Å². The van der Waals surface area contributed by atoms with E-state index in [1.165, 1.54) is 0 Å². The molecule has 0 atom stereocenters. The van der Waals surface area contributed by atoms with Crippen molar-refractivity contribution in [3.63, 3.8) is 0 Å². The molecule has 3 heterocycles. The van der Waals surface area contributed by atoms with Gasteiger partial charge in [-0.25, -0.2) is 9.37 Å². The van der Waals surface area contributed by atoms with E-state index in [-0.39, 0.29) is 5.82 Å². The number of H-pyrrole nitrogens is 1. The van der Waals surface area contributed by atoms with Gasteiger partial charge in [0.1, 0.15) is 11.5 Å². The Labute approximate surface area is 126 Å². The molecule has 0 spiro atoms. The van der Waals surface area contributed by atoms with Gasteiger partial charge in [-0.15, -0.1) is 0 Å². The minimum absolute atomic E-state index is 0.207. The molecule has 0 amide bonds. The highest BCUT2D eigenvalue weighted by molar-refractivity contribution is 5.95. The van der Waals surface area contributed by atoms with E-state index in [4.69, 9.17) is 4.42 Å². The minimum atomic E-state index is -0.207. The van der Waals surface area contributed by atoms with Crippen molar-refractivity contribution >= 4 is 11.0 Å². The van der Waals surface area contributed by atoms with E-state index in [9.17, 15) is 4.39 Å². The highest BCUT2D eigenvalue weighted by Crippen LogP contribution is 2.31. The van der Waals surface area contributed by atoms with E-state index in [1.807, 2.05) is 24.4 Å². The van der Waals surface area contributed by atoms with Gasteiger partial charge in [0.05, 0.1) is 12.5 Å². The van der Waals surface area contributed by atoms with Crippen LogP contribution in [0.2, 0.25) is 0 Å². The van der Waals surface area contributed by atoms with Crippen LogP contribution in [0.1, 0.15) is 5.56 Å². The Morgan fingerprint density at radius 3 is 2.77 bits per heavy atom. The number of halogens is 1. The smallest absolute Gasteiger partial charge is 0.137 e. The van der Waals surface area contributed by atoms with Gasteiger partial charge in [0.25, 0.3) is 0 Å². The maximum absolute atomic E-state index is 13.8. The number of nitrogens with one attached hydrogen (secondary N) is 1. The molecule has 4 rings (SSSR count). The van der Waals surface area contributed by atoms with Gasteiger partial charge in [-0.1, -0.05) is 12.1 Å². The van der Waals surface area contributed by atoms with E-state index in [1.54, 1.807) is 37.8 Å². The summed E-state index contributed by atoms with van der Waals surface area (Å²) in [7, 11) is 0. The number of nitrogens with zero attached hydrogens (tertiary/aromatic N) is 1. The van der Waals surface area contributed by atoms with E-state index >= 15 is 0 Å². The normalized spacial score (nSPS) is 11.2. The second-order valence-corrected chi connectivity index (χ2v) is 5.30. The van der Waals surface area contributed by atoms with Gasteiger partial charge in [-0.2, -0.15) is 0 Å². The summed E-state index contributed by atoms with van der Waals surface area (Å²) in [4.78, 5) is 7.58. The average Bonchev–Trinajstić information content (AvgIpc) is 3.17. The number of hydrogen-bond acceptors (Lipinski definition) is 2. The van der Waals surface area contributed by atoms with Crippen molar-refractivity contribution in [2.45, 2.75) is 6.92 Å². The number of hydrogen-bond donors (Lipinski definition) is 1. The summed E-state index contributed by atoms with van der Waals surface area (Å²) in [5.74, 6) is -0.207. The molecular weight excluding hydrogens is 279 g/mol. The Kier molecular flexibility index (Phi) is 2.82. The van der Waals surface area contributed by atoms with Crippen molar-refractivity contribution in [1.82, 2.24) is 9.97 Å². The lowest BCUT2D eigenvalue weighted by molar-refractivity contribution is 0.568. The van der Waals surface area contributed by atoms with Crippen LogP contribution in [0.5, 0.6) is 0 Å². The number of furan rings is 1. The Morgan fingerprint density at radius 1 is 1.09 bits per heavy atom. The molecule has 4 aromatic rings. The van der Waals surface area contributed by atoms with Crippen LogP contribution in [0.25, 0.3) is 33.3 Å². The maximum atomic E-state index is 13.8. The first-order valence-corrected chi connectivity index (χ1v) is 6.98. The molecule has 108 valence electrons. The number of aromatic amines is 1. The van der Waals surface area contributed by atoms with Gasteiger partial charge in [-0.3, -0.25) is 0 Å². The van der Waals surface area contributed by atoms with Crippen molar-refractivity contribution in [1.29, 1.82) is 0 Å². The first kappa shape index (κ1) is 12.8. The molecule has 22 heavy (non-hydrogen) atoms. The second-order valence-electron chi connectivity index (χ2n) is 5.30. The first-order valence-electron chi connectivity index (χ1n) is 6.98. The van der Waals surface area contributed by atoms with Crippen LogP contribution in [0.3, 0.4) is 0 Å². The van der Waals surface area contributed by atoms with Gasteiger partial charge in [0.2, 0.25) is 0 Å². The zero-order valence-electron chi connectivity index (χ0n) is 11.9. The van der Waals surface area contributed by atoms with Gasteiger partial charge >= 0.3 is 0 Å². The second kappa shape index (κ2) is 4.84. The van der Waals surface area contributed by atoms with Crippen molar-refractivity contribution < 1.29 is 8.81 Å². The van der Waals surface area contributed by atoms with Gasteiger partial charge < -0.3 is 9.40 Å². The largest absolute Gasteiger partial charge is 0.472 e. The molecule has 0 bridgehead atoms. The molecule has 0 radical (unpaired) electrons. The Balaban J connectivity index is 1.89. The number of fused-ring (bicyclic) bond motifs is 1. The van der Waals surface area contributed by atoms with Crippen molar-refractivity contribution in [3.05, 3.63) is 66.6 Å². The van der Waals surface area contributed by atoms with E-state index in [0.717, 1.165) is 33.3 Å². The summed E-state index contributed by atoms with van der Waals surface area (Å²) in [6, 6.07) is 9.16. The Hall–Kier alpha value is -2.88. The third-order valence-electron chi connectivity index (χ3n) is 3.87. The molecule has 0 fully saturated rings. The third kappa shape index (κ3) is 2.00. The molecule has 3 aromatic heterocycles. The lowest BCUT2D eigenvalue weighted by atomic mass is 10.0. The van der Waals surface area contributed by atoms with Crippen LogP contribution in [-0.4, -0.2) is 9.97 Å². The van der Waals surface area contributed by atoms with Crippen molar-refractivity contribution in [3.8, 4) is 22.3 Å².